The lowest BCUT2D eigenvalue weighted by atomic mass is 9.97. The van der Waals surface area contributed by atoms with Crippen molar-refractivity contribution in [3.05, 3.63) is 51.5 Å². The van der Waals surface area contributed by atoms with E-state index in [1.54, 1.807) is 16.7 Å². The number of pyridine rings is 1. The molecule has 0 bridgehead atoms. The van der Waals surface area contributed by atoms with E-state index in [1.165, 1.54) is 0 Å². The molecule has 0 saturated heterocycles. The Morgan fingerprint density at radius 3 is 2.00 bits per heavy atom. The molecule has 1 aromatic carbocycles. The van der Waals surface area contributed by atoms with Crippen LogP contribution in [-0.4, -0.2) is 19.7 Å². The van der Waals surface area contributed by atoms with Crippen LogP contribution in [-0.2, 0) is 7.05 Å². The Hall–Kier alpha value is -2.49. The number of hydrogen-bond donors (Lipinski definition) is 1. The van der Waals surface area contributed by atoms with Gasteiger partial charge in [-0.25, -0.2) is 4.98 Å². The molecular weight excluding hydrogens is 426 g/mol. The van der Waals surface area contributed by atoms with Gasteiger partial charge in [-0.05, 0) is 60.6 Å². The van der Waals surface area contributed by atoms with Crippen LogP contribution < -0.4 is 0 Å². The maximum Gasteiger partial charge on any atom is 0.195 e. The number of nitrogens with one attached hydrogen (secondary N) is 1. The molecule has 0 fully saturated rings. The van der Waals surface area contributed by atoms with Crippen LogP contribution >= 0.6 is 23.8 Å². The third-order valence-electron chi connectivity index (χ3n) is 3.50. The Bertz CT molecular complexity index is 980. The van der Waals surface area contributed by atoms with Gasteiger partial charge in [0.2, 0.25) is 0 Å². The lowest BCUT2D eigenvalue weighted by Crippen LogP contribution is -1.96. The van der Waals surface area contributed by atoms with E-state index in [9.17, 15) is 5.26 Å². The van der Waals surface area contributed by atoms with Crippen molar-refractivity contribution in [3.8, 4) is 28.6 Å². The van der Waals surface area contributed by atoms with Gasteiger partial charge >= 0.3 is 0 Å². The highest BCUT2D eigenvalue weighted by Gasteiger charge is 2.14. The summed E-state index contributed by atoms with van der Waals surface area (Å²) in [6.07, 6.45) is 0. The maximum atomic E-state index is 9.21. The third kappa shape index (κ3) is 8.64. The van der Waals surface area contributed by atoms with Gasteiger partial charge in [-0.1, -0.05) is 67.0 Å². The lowest BCUT2D eigenvalue weighted by molar-refractivity contribution is 0.902. The van der Waals surface area contributed by atoms with Gasteiger partial charge < -0.3 is 4.57 Å². The van der Waals surface area contributed by atoms with Gasteiger partial charge in [0.25, 0.3) is 0 Å². The van der Waals surface area contributed by atoms with Gasteiger partial charge in [-0.15, -0.1) is 0 Å². The molecule has 1 N–H and O–H groups in total. The van der Waals surface area contributed by atoms with Gasteiger partial charge in [0.15, 0.2) is 10.6 Å². The SMILES string of the molecule is CC.CC.CC.CC.Cc1cc(-c2cc(C#N)ccc2-c2n[nH]c(=S)n2C)cc(Cl)n1. The first-order valence-electron chi connectivity index (χ1n) is 10.8. The monoisotopic (exact) mass is 461 g/mol. The van der Waals surface area contributed by atoms with Crippen molar-refractivity contribution < 1.29 is 0 Å². The zero-order valence-electron chi connectivity index (χ0n) is 20.5. The minimum atomic E-state index is 0.406. The summed E-state index contributed by atoms with van der Waals surface area (Å²) in [6, 6.07) is 11.3. The Morgan fingerprint density at radius 1 is 0.968 bits per heavy atom. The Balaban J connectivity index is 0. The Morgan fingerprint density at radius 2 is 1.55 bits per heavy atom. The summed E-state index contributed by atoms with van der Waals surface area (Å²) < 4.78 is 2.31. The van der Waals surface area contributed by atoms with Gasteiger partial charge in [-0.3, -0.25) is 5.10 Å². The van der Waals surface area contributed by atoms with Gasteiger partial charge in [0.1, 0.15) is 5.15 Å². The number of nitrogens with zero attached hydrogens (tertiary/aromatic N) is 4. The van der Waals surface area contributed by atoms with Crippen molar-refractivity contribution >= 4 is 23.8 Å². The highest BCUT2D eigenvalue weighted by atomic mass is 35.5. The van der Waals surface area contributed by atoms with Crippen LogP contribution in [0.1, 0.15) is 66.6 Å². The summed E-state index contributed by atoms with van der Waals surface area (Å²) in [7, 11) is 1.84. The number of H-pyrrole nitrogens is 1. The number of nitriles is 1. The van der Waals surface area contributed by atoms with E-state index in [2.05, 4.69) is 21.3 Å². The number of aromatic amines is 1. The van der Waals surface area contributed by atoms with Gasteiger partial charge in [0.05, 0.1) is 11.6 Å². The van der Waals surface area contributed by atoms with Gasteiger partial charge in [-0.2, -0.15) is 10.4 Å². The molecule has 2 aromatic heterocycles. The number of hydrogen-bond acceptors (Lipinski definition) is 4. The topological polar surface area (TPSA) is 70.3 Å². The fraction of sp³-hybridized carbons (Fsp3) is 0.417. The molecular formula is C24H36ClN5S. The number of halogens is 1. The zero-order valence-corrected chi connectivity index (χ0v) is 22.0. The zero-order chi connectivity index (χ0) is 24.6. The van der Waals surface area contributed by atoms with E-state index in [0.29, 0.717) is 21.3 Å². The van der Waals surface area contributed by atoms with Crippen LogP contribution in [0.2, 0.25) is 5.15 Å². The second kappa shape index (κ2) is 17.2. The van der Waals surface area contributed by atoms with E-state index in [-0.39, 0.29) is 0 Å². The number of aromatic nitrogens is 4. The molecule has 3 aromatic rings. The van der Waals surface area contributed by atoms with Crippen LogP contribution in [0.4, 0.5) is 0 Å². The van der Waals surface area contributed by atoms with Crippen molar-refractivity contribution in [2.45, 2.75) is 62.3 Å². The molecule has 0 spiro atoms. The second-order valence-corrected chi connectivity index (χ2v) is 5.88. The number of aryl methyl sites for hydroxylation is 1. The molecule has 7 heteroatoms. The van der Waals surface area contributed by atoms with Crippen LogP contribution in [0.5, 0.6) is 0 Å². The van der Waals surface area contributed by atoms with E-state index < -0.39 is 0 Å². The standard InChI is InChI=1S/C16H12ClN5S.4C2H6/c1-9-5-11(7-14(17)19-9)13-6-10(8-18)3-4-12(13)15-20-21-16(23)22(15)2;4*1-2/h3-7H,1-2H3,(H,21,23);4*1-2H3. The van der Waals surface area contributed by atoms with Crippen LogP contribution in [0.15, 0.2) is 30.3 Å². The average Bonchev–Trinajstić information content (AvgIpc) is 3.16. The quantitative estimate of drug-likeness (QED) is 0.308. The Labute approximate surface area is 198 Å². The molecule has 0 aliphatic rings. The van der Waals surface area contributed by atoms with Crippen molar-refractivity contribution in [2.75, 3.05) is 0 Å². The number of benzene rings is 1. The summed E-state index contributed by atoms with van der Waals surface area (Å²) in [5, 5.41) is 16.7. The second-order valence-electron chi connectivity index (χ2n) is 5.10. The first-order valence-corrected chi connectivity index (χ1v) is 11.6. The predicted molar refractivity (Wildman–Crippen MR) is 137 cm³/mol. The molecule has 0 saturated carbocycles. The third-order valence-corrected chi connectivity index (χ3v) is 4.06. The van der Waals surface area contributed by atoms with Gasteiger partial charge in [0, 0.05) is 18.3 Å². The van der Waals surface area contributed by atoms with Crippen molar-refractivity contribution in [3.63, 3.8) is 0 Å². The molecule has 0 unspecified atom stereocenters. The van der Waals surface area contributed by atoms with Crippen LogP contribution in [0.3, 0.4) is 0 Å². The highest BCUT2D eigenvalue weighted by Crippen LogP contribution is 2.33. The molecule has 3 rings (SSSR count). The fourth-order valence-electron chi connectivity index (χ4n) is 2.42. The molecule has 0 aliphatic heterocycles. The molecule has 5 nitrogen and oxygen atoms in total. The molecule has 0 radical (unpaired) electrons. The first kappa shape index (κ1) is 30.7. The predicted octanol–water partition coefficient (Wildman–Crippen LogP) is 8.14. The van der Waals surface area contributed by atoms with Crippen LogP contribution in [0, 0.1) is 23.0 Å². The summed E-state index contributed by atoms with van der Waals surface area (Å²) in [5.74, 6) is 0.695. The lowest BCUT2D eigenvalue weighted by Gasteiger charge is -2.11. The molecule has 170 valence electrons. The molecule has 0 amide bonds. The largest absolute Gasteiger partial charge is 0.303 e. The highest BCUT2D eigenvalue weighted by molar-refractivity contribution is 7.71. The average molecular weight is 462 g/mol. The fourth-order valence-corrected chi connectivity index (χ4v) is 2.80. The number of rotatable bonds is 2. The molecule has 0 aliphatic carbocycles. The normalized spacial score (nSPS) is 8.58. The minimum Gasteiger partial charge on any atom is -0.303 e. The van der Waals surface area contributed by atoms with Crippen molar-refractivity contribution in [1.82, 2.24) is 19.7 Å². The smallest absolute Gasteiger partial charge is 0.195 e. The maximum absolute atomic E-state index is 9.21. The van der Waals surface area contributed by atoms with Crippen LogP contribution in [0.25, 0.3) is 22.5 Å². The van der Waals surface area contributed by atoms with E-state index in [1.807, 2.05) is 87.6 Å². The van der Waals surface area contributed by atoms with E-state index >= 15 is 0 Å². The summed E-state index contributed by atoms with van der Waals surface area (Å²) in [4.78, 5) is 4.18. The summed E-state index contributed by atoms with van der Waals surface area (Å²) in [5.41, 5.74) is 3.96. The molecule has 2 heterocycles. The summed E-state index contributed by atoms with van der Waals surface area (Å²) >= 11 is 11.3. The van der Waals surface area contributed by atoms with Crippen molar-refractivity contribution in [2.24, 2.45) is 7.05 Å². The Kier molecular flexibility index (Phi) is 17.1. The molecule has 0 atom stereocenters. The molecule has 31 heavy (non-hydrogen) atoms. The van der Waals surface area contributed by atoms with Crippen molar-refractivity contribution in [1.29, 1.82) is 5.26 Å². The van der Waals surface area contributed by atoms with E-state index in [4.69, 9.17) is 23.8 Å². The minimum absolute atomic E-state index is 0.406. The summed E-state index contributed by atoms with van der Waals surface area (Å²) in [6.45, 7) is 17.9. The first-order chi connectivity index (χ1) is 15.0. The van der Waals surface area contributed by atoms with E-state index in [0.717, 1.165) is 22.4 Å².